The monoisotopic (exact) mass is 465 g/mol. The second kappa shape index (κ2) is 9.27. The highest BCUT2D eigenvalue weighted by Crippen LogP contribution is 2.33. The predicted molar refractivity (Wildman–Crippen MR) is 114 cm³/mol. The van der Waals surface area contributed by atoms with Crippen molar-refractivity contribution < 1.29 is 42.1 Å². The first-order valence-electron chi connectivity index (χ1n) is 9.15. The normalized spacial score (nSPS) is 10.9. The molecular weight excluding hydrogens is 442 g/mol. The number of aromatic hydroxyl groups is 1. The molecule has 32 heavy (non-hydrogen) atoms. The van der Waals surface area contributed by atoms with E-state index in [1.54, 1.807) is 20.8 Å². The Kier molecular flexibility index (Phi) is 7.14. The summed E-state index contributed by atoms with van der Waals surface area (Å²) in [6.45, 7) is 4.79. The Morgan fingerprint density at radius 1 is 0.844 bits per heavy atom. The highest BCUT2D eigenvalue weighted by molar-refractivity contribution is 7.92. The van der Waals surface area contributed by atoms with Crippen molar-refractivity contribution in [3.8, 4) is 5.75 Å². The van der Waals surface area contributed by atoms with Gasteiger partial charge in [0.25, 0.3) is 10.0 Å². The van der Waals surface area contributed by atoms with Gasteiger partial charge in [-0.05, 0) is 55.7 Å². The van der Waals surface area contributed by atoms with Crippen LogP contribution in [0.4, 0.5) is 5.69 Å². The number of esters is 3. The molecule has 0 heterocycles. The van der Waals surface area contributed by atoms with Crippen molar-refractivity contribution in [2.75, 3.05) is 26.1 Å². The summed E-state index contributed by atoms with van der Waals surface area (Å²) in [4.78, 5) is 36.2. The molecule has 11 heteroatoms. The van der Waals surface area contributed by atoms with Crippen molar-refractivity contribution in [1.29, 1.82) is 0 Å². The second-order valence-electron chi connectivity index (χ2n) is 6.81. The van der Waals surface area contributed by atoms with Crippen LogP contribution in [-0.2, 0) is 24.2 Å². The number of hydrogen-bond donors (Lipinski definition) is 2. The van der Waals surface area contributed by atoms with Gasteiger partial charge in [0.1, 0.15) is 10.6 Å². The Hall–Kier alpha value is -3.60. The van der Waals surface area contributed by atoms with Crippen LogP contribution in [0.5, 0.6) is 5.75 Å². The second-order valence-corrected chi connectivity index (χ2v) is 8.47. The molecule has 0 saturated carbocycles. The molecule has 0 atom stereocenters. The summed E-state index contributed by atoms with van der Waals surface area (Å²) in [5.74, 6) is -3.13. The summed E-state index contributed by atoms with van der Waals surface area (Å²) in [5, 5.41) is 9.98. The third-order valence-corrected chi connectivity index (χ3v) is 6.29. The topological polar surface area (TPSA) is 145 Å². The van der Waals surface area contributed by atoms with Gasteiger partial charge in [0.2, 0.25) is 0 Å². The minimum absolute atomic E-state index is 0.0149. The van der Waals surface area contributed by atoms with Crippen LogP contribution in [0.25, 0.3) is 0 Å². The Balaban J connectivity index is 2.87. The molecule has 2 aromatic carbocycles. The Labute approximate surface area is 185 Å². The Morgan fingerprint density at radius 2 is 1.41 bits per heavy atom. The van der Waals surface area contributed by atoms with E-state index in [0.29, 0.717) is 16.7 Å². The lowest BCUT2D eigenvalue weighted by atomic mass is 10.0. The maximum atomic E-state index is 13.4. The molecule has 0 aliphatic rings. The van der Waals surface area contributed by atoms with E-state index in [2.05, 4.69) is 18.9 Å². The molecule has 0 fully saturated rings. The van der Waals surface area contributed by atoms with Gasteiger partial charge in [0.15, 0.2) is 0 Å². The van der Waals surface area contributed by atoms with Gasteiger partial charge in [0, 0.05) is 0 Å². The number of aryl methyl sites for hydroxylation is 1. The fourth-order valence-electron chi connectivity index (χ4n) is 3.05. The van der Waals surface area contributed by atoms with E-state index in [-0.39, 0.29) is 17.0 Å². The molecule has 0 aromatic heterocycles. The molecule has 0 aliphatic carbocycles. The van der Waals surface area contributed by atoms with E-state index in [0.717, 1.165) is 33.5 Å². The number of rotatable bonds is 6. The first-order chi connectivity index (χ1) is 14.9. The number of hydrogen-bond acceptors (Lipinski definition) is 9. The van der Waals surface area contributed by atoms with E-state index >= 15 is 0 Å². The third kappa shape index (κ3) is 4.52. The van der Waals surface area contributed by atoms with Crippen LogP contribution in [0.15, 0.2) is 23.1 Å². The summed E-state index contributed by atoms with van der Waals surface area (Å²) >= 11 is 0. The van der Waals surface area contributed by atoms with Gasteiger partial charge in [-0.25, -0.2) is 22.8 Å². The molecule has 0 unspecified atom stereocenters. The van der Waals surface area contributed by atoms with Crippen LogP contribution in [-0.4, -0.2) is 52.8 Å². The minimum Gasteiger partial charge on any atom is -0.508 e. The molecule has 2 aromatic rings. The molecule has 0 spiro atoms. The van der Waals surface area contributed by atoms with E-state index in [9.17, 15) is 27.9 Å². The first-order valence-corrected chi connectivity index (χ1v) is 10.6. The number of ether oxygens (including phenoxy) is 3. The summed E-state index contributed by atoms with van der Waals surface area (Å²) in [5.41, 5.74) is 0.0768. The van der Waals surface area contributed by atoms with Gasteiger partial charge < -0.3 is 19.3 Å². The van der Waals surface area contributed by atoms with Crippen molar-refractivity contribution in [2.45, 2.75) is 25.7 Å². The van der Waals surface area contributed by atoms with E-state index in [4.69, 9.17) is 0 Å². The number of anilines is 1. The average Bonchev–Trinajstić information content (AvgIpc) is 2.77. The molecule has 0 saturated heterocycles. The lowest BCUT2D eigenvalue weighted by molar-refractivity contribution is 0.0549. The van der Waals surface area contributed by atoms with E-state index in [1.165, 1.54) is 6.07 Å². The van der Waals surface area contributed by atoms with Crippen molar-refractivity contribution in [2.24, 2.45) is 0 Å². The Bertz CT molecular complexity index is 1220. The fraction of sp³-hybridized carbons (Fsp3) is 0.286. The van der Waals surface area contributed by atoms with Crippen LogP contribution in [0, 0.1) is 20.8 Å². The zero-order valence-corrected chi connectivity index (χ0v) is 19.2. The molecule has 0 aliphatic heterocycles. The predicted octanol–water partition coefficient (Wildman–Crippen LogP) is 2.48. The SMILES string of the molecule is COC(=O)c1cc(C(=O)OC)c(C(=O)OC)c(S(=O)(=O)Nc2c(C)cc(O)c(C)c2C)c1. The van der Waals surface area contributed by atoms with Crippen LogP contribution in [0.2, 0.25) is 0 Å². The zero-order valence-electron chi connectivity index (χ0n) is 18.4. The van der Waals surface area contributed by atoms with Gasteiger partial charge in [-0.3, -0.25) is 4.72 Å². The lowest BCUT2D eigenvalue weighted by Crippen LogP contribution is -2.23. The van der Waals surface area contributed by atoms with Crippen LogP contribution < -0.4 is 4.72 Å². The largest absolute Gasteiger partial charge is 0.508 e. The van der Waals surface area contributed by atoms with Gasteiger partial charge in [-0.1, -0.05) is 0 Å². The number of phenols is 1. The molecule has 2 rings (SSSR count). The number of phenolic OH excluding ortho intramolecular Hbond substituents is 1. The quantitative estimate of drug-likeness (QED) is 0.373. The number of carbonyl (C=O) groups is 3. The highest BCUT2D eigenvalue weighted by atomic mass is 32.2. The molecule has 172 valence electrons. The molecule has 0 bridgehead atoms. The minimum atomic E-state index is -4.55. The van der Waals surface area contributed by atoms with Gasteiger partial charge >= 0.3 is 17.9 Å². The molecular formula is C21H23NO9S. The third-order valence-electron chi connectivity index (χ3n) is 4.91. The lowest BCUT2D eigenvalue weighted by Gasteiger charge is -2.19. The summed E-state index contributed by atoms with van der Waals surface area (Å²) in [7, 11) is -1.43. The molecule has 2 N–H and O–H groups in total. The molecule has 0 radical (unpaired) electrons. The van der Waals surface area contributed by atoms with E-state index < -0.39 is 44.0 Å². The van der Waals surface area contributed by atoms with E-state index in [1.807, 2.05) is 0 Å². The fourth-order valence-corrected chi connectivity index (χ4v) is 4.49. The van der Waals surface area contributed by atoms with Crippen LogP contribution >= 0.6 is 0 Å². The van der Waals surface area contributed by atoms with Crippen molar-refractivity contribution in [1.82, 2.24) is 0 Å². The molecule has 10 nitrogen and oxygen atoms in total. The summed E-state index contributed by atoms with van der Waals surface area (Å²) < 4.78 is 43.1. The first kappa shape index (κ1) is 24.7. The zero-order chi connectivity index (χ0) is 24.4. The highest BCUT2D eigenvalue weighted by Gasteiger charge is 2.32. The number of benzene rings is 2. The van der Waals surface area contributed by atoms with Gasteiger partial charge in [-0.2, -0.15) is 0 Å². The van der Waals surface area contributed by atoms with Gasteiger partial charge in [-0.15, -0.1) is 0 Å². The van der Waals surface area contributed by atoms with Crippen molar-refractivity contribution >= 4 is 33.6 Å². The van der Waals surface area contributed by atoms with Crippen LogP contribution in [0.1, 0.15) is 47.8 Å². The average molecular weight is 465 g/mol. The number of methoxy groups -OCH3 is 3. The smallest absolute Gasteiger partial charge is 0.340 e. The summed E-state index contributed by atoms with van der Waals surface area (Å²) in [6.07, 6.45) is 0. The maximum Gasteiger partial charge on any atom is 0.340 e. The number of sulfonamides is 1. The van der Waals surface area contributed by atoms with Crippen molar-refractivity contribution in [3.63, 3.8) is 0 Å². The number of nitrogens with one attached hydrogen (secondary N) is 1. The van der Waals surface area contributed by atoms with Crippen molar-refractivity contribution in [3.05, 3.63) is 51.6 Å². The van der Waals surface area contributed by atoms with Gasteiger partial charge in [0.05, 0.1) is 43.7 Å². The summed E-state index contributed by atoms with van der Waals surface area (Å²) in [6, 6.07) is 3.28. The van der Waals surface area contributed by atoms with Crippen LogP contribution in [0.3, 0.4) is 0 Å². The molecule has 0 amide bonds. The number of carbonyl (C=O) groups excluding carboxylic acids is 3. The standard InChI is InChI=1S/C21H23NO9S/c1-10-7-15(23)11(2)12(3)18(10)22-32(27,28)16-9-13(19(24)29-4)8-14(20(25)30-5)17(16)21(26)31-6/h7-9,22-23H,1-6H3. The maximum absolute atomic E-state index is 13.4. The Morgan fingerprint density at radius 3 is 1.94 bits per heavy atom.